The Balaban J connectivity index is -0.0000000750. The fourth-order valence-electron chi connectivity index (χ4n) is 0. The van der Waals surface area contributed by atoms with Gasteiger partial charge >= 0.3 is 40.0 Å². The van der Waals surface area contributed by atoms with E-state index in [-0.39, 0.29) is 29.6 Å². The van der Waals surface area contributed by atoms with Crippen LogP contribution >= 0.6 is 0 Å². The summed E-state index contributed by atoms with van der Waals surface area (Å²) in [6.07, 6.45) is 0. The van der Waals surface area contributed by atoms with E-state index in [4.69, 9.17) is 17.5 Å². The van der Waals surface area contributed by atoms with Gasteiger partial charge in [0.1, 0.15) is 0 Å². The smallest absolute Gasteiger partial charge is 0.346 e. The molecule has 0 amide bonds. The van der Waals surface area contributed by atoms with E-state index in [1.54, 1.807) is 6.92 Å². The minimum atomic E-state index is -4.67. The average molecular weight is 150 g/mol. The fourth-order valence-corrected chi connectivity index (χ4v) is 0. The van der Waals surface area contributed by atoms with Crippen LogP contribution in [0.5, 0.6) is 0 Å². The molecule has 0 saturated heterocycles. The van der Waals surface area contributed by atoms with Crippen LogP contribution in [0.2, 0.25) is 0 Å². The first-order valence-corrected chi connectivity index (χ1v) is 2.80. The molecule has 0 spiro atoms. The Labute approximate surface area is 71.2 Å². The molecule has 0 aliphatic rings. The summed E-state index contributed by atoms with van der Waals surface area (Å²) < 4.78 is 31.6. The molecule has 0 aliphatic heterocycles. The Morgan fingerprint density at radius 2 is 1.25 bits per heavy atom. The van der Waals surface area contributed by atoms with Crippen molar-refractivity contribution in [1.29, 1.82) is 0 Å². The number of hydrogen-bond acceptors (Lipinski definition) is 2. The zero-order chi connectivity index (χ0) is 6.50. The maximum atomic E-state index is 8.74. The first-order chi connectivity index (χ1) is 3.00. The van der Waals surface area contributed by atoms with Crippen LogP contribution in [0.3, 0.4) is 0 Å². The van der Waals surface area contributed by atoms with Crippen molar-refractivity contribution in [3.8, 4) is 0 Å². The maximum absolute atomic E-state index is 8.74. The summed E-state index contributed by atoms with van der Waals surface area (Å²) in [7, 11) is -4.67. The molecule has 0 rings (SSSR count). The van der Waals surface area contributed by atoms with Gasteiger partial charge in [-0.15, -0.1) is 0 Å². The molecule has 8 heavy (non-hydrogen) atoms. The van der Waals surface area contributed by atoms with E-state index in [2.05, 4.69) is 6.92 Å². The van der Waals surface area contributed by atoms with E-state index in [0.29, 0.717) is 0 Å². The molecular weight excluding hydrogens is 143 g/mol. The summed E-state index contributed by atoms with van der Waals surface area (Å²) in [4.78, 5) is 0. The Hall–Kier alpha value is 0.870. The first-order valence-electron chi connectivity index (χ1n) is 1.41. The minimum Gasteiger partial charge on any atom is -0.346 e. The van der Waals surface area contributed by atoms with E-state index >= 15 is 0 Å². The first kappa shape index (κ1) is 15.9. The van der Waals surface area contributed by atoms with Crippen molar-refractivity contribution in [2.24, 2.45) is 0 Å². The van der Waals surface area contributed by atoms with Crippen LogP contribution in [0.25, 0.3) is 0 Å². The standard InChI is InChI=1S/C2H5.Na.H2O4S/c1-2;;1-5(2,3)4/h1H2,2H3;;(H2,1,2,3,4)/q-1;+1;. The van der Waals surface area contributed by atoms with Crippen LogP contribution < -0.4 is 29.6 Å². The SMILES string of the molecule is O=S(=O)(O)O.[CH2-]C.[Na+]. The summed E-state index contributed by atoms with van der Waals surface area (Å²) in [5, 5.41) is 0. The van der Waals surface area contributed by atoms with Gasteiger partial charge in [0.25, 0.3) is 0 Å². The maximum Gasteiger partial charge on any atom is 1.00 e. The van der Waals surface area contributed by atoms with Gasteiger partial charge in [-0.3, -0.25) is 9.11 Å². The number of hydrogen-bond donors (Lipinski definition) is 2. The summed E-state index contributed by atoms with van der Waals surface area (Å²) >= 11 is 0. The van der Waals surface area contributed by atoms with Gasteiger partial charge in [0.15, 0.2) is 0 Å². The molecule has 6 heteroatoms. The van der Waals surface area contributed by atoms with Crippen molar-refractivity contribution >= 4 is 10.4 Å². The second-order valence-corrected chi connectivity index (χ2v) is 1.34. The van der Waals surface area contributed by atoms with Crippen LogP contribution in [0, 0.1) is 6.92 Å². The normalized spacial score (nSPS) is 8.00. The van der Waals surface area contributed by atoms with E-state index in [1.807, 2.05) is 0 Å². The second kappa shape index (κ2) is 7.87. The molecule has 0 aromatic carbocycles. The van der Waals surface area contributed by atoms with Crippen molar-refractivity contribution < 1.29 is 47.1 Å². The zero-order valence-corrected chi connectivity index (χ0v) is 7.64. The molecular formula is C2H7NaO4S. The molecule has 0 bridgehead atoms. The topological polar surface area (TPSA) is 74.6 Å². The Morgan fingerprint density at radius 3 is 1.25 bits per heavy atom. The predicted molar refractivity (Wildman–Crippen MR) is 25.2 cm³/mol. The van der Waals surface area contributed by atoms with Crippen molar-refractivity contribution in [1.82, 2.24) is 0 Å². The van der Waals surface area contributed by atoms with Crippen LogP contribution in [0.15, 0.2) is 0 Å². The van der Waals surface area contributed by atoms with Crippen LogP contribution in [0.4, 0.5) is 0 Å². The zero-order valence-electron chi connectivity index (χ0n) is 4.83. The van der Waals surface area contributed by atoms with Crippen LogP contribution in [0.1, 0.15) is 6.92 Å². The van der Waals surface area contributed by atoms with Gasteiger partial charge in [-0.2, -0.15) is 15.3 Å². The van der Waals surface area contributed by atoms with Gasteiger partial charge in [0.2, 0.25) is 0 Å². The summed E-state index contributed by atoms with van der Waals surface area (Å²) in [6.45, 7) is 5.00. The molecule has 0 fully saturated rings. The van der Waals surface area contributed by atoms with Crippen LogP contribution in [-0.4, -0.2) is 17.5 Å². The van der Waals surface area contributed by atoms with Crippen molar-refractivity contribution in [2.75, 3.05) is 0 Å². The summed E-state index contributed by atoms with van der Waals surface area (Å²) in [5.41, 5.74) is 0. The third-order valence-corrected chi connectivity index (χ3v) is 0. The van der Waals surface area contributed by atoms with Crippen molar-refractivity contribution in [3.05, 3.63) is 6.92 Å². The molecule has 0 aromatic heterocycles. The van der Waals surface area contributed by atoms with Gasteiger partial charge < -0.3 is 6.92 Å². The van der Waals surface area contributed by atoms with E-state index < -0.39 is 10.4 Å². The minimum absolute atomic E-state index is 0. The van der Waals surface area contributed by atoms with Crippen molar-refractivity contribution in [2.45, 2.75) is 6.92 Å². The van der Waals surface area contributed by atoms with E-state index in [1.165, 1.54) is 0 Å². The summed E-state index contributed by atoms with van der Waals surface area (Å²) in [6, 6.07) is 0. The molecule has 0 heterocycles. The molecule has 0 aromatic rings. The van der Waals surface area contributed by atoms with E-state index in [0.717, 1.165) is 0 Å². The van der Waals surface area contributed by atoms with Gasteiger partial charge in [0.05, 0.1) is 0 Å². The quantitative estimate of drug-likeness (QED) is 0.222. The predicted octanol–water partition coefficient (Wildman–Crippen LogP) is -2.81. The Morgan fingerprint density at radius 1 is 1.25 bits per heavy atom. The van der Waals surface area contributed by atoms with E-state index in [9.17, 15) is 0 Å². The molecule has 0 atom stereocenters. The molecule has 0 saturated carbocycles. The summed E-state index contributed by atoms with van der Waals surface area (Å²) in [5.74, 6) is 0. The van der Waals surface area contributed by atoms with Gasteiger partial charge in [-0.05, 0) is 0 Å². The Bertz CT molecular complexity index is 97.2. The number of rotatable bonds is 0. The average Bonchev–Trinajstić information content (AvgIpc) is 1.36. The van der Waals surface area contributed by atoms with Crippen LogP contribution in [-0.2, 0) is 10.4 Å². The molecule has 4 nitrogen and oxygen atoms in total. The van der Waals surface area contributed by atoms with Crippen molar-refractivity contribution in [3.63, 3.8) is 0 Å². The van der Waals surface area contributed by atoms with Gasteiger partial charge in [0, 0.05) is 0 Å². The molecule has 0 aliphatic carbocycles. The molecule has 0 radical (unpaired) electrons. The third kappa shape index (κ3) is 313. The fraction of sp³-hybridized carbons (Fsp3) is 0.500. The second-order valence-electron chi connectivity index (χ2n) is 0.448. The largest absolute Gasteiger partial charge is 1.00 e. The Kier molecular flexibility index (Phi) is 15.7. The molecule has 46 valence electrons. The van der Waals surface area contributed by atoms with Gasteiger partial charge in [-0.1, -0.05) is 0 Å². The monoisotopic (exact) mass is 150 g/mol. The molecule has 0 unspecified atom stereocenters. The molecule has 2 N–H and O–H groups in total. The van der Waals surface area contributed by atoms with Gasteiger partial charge in [-0.25, -0.2) is 0 Å². The third-order valence-electron chi connectivity index (χ3n) is 0.